The van der Waals surface area contributed by atoms with Crippen LogP contribution in [0.5, 0.6) is 0 Å². The fourth-order valence-electron chi connectivity index (χ4n) is 1.79. The number of hydrogen-bond acceptors (Lipinski definition) is 3. The largest absolute Gasteiger partial charge is 0.367 e. The van der Waals surface area contributed by atoms with Crippen molar-refractivity contribution in [3.63, 3.8) is 0 Å². The molecule has 2 aromatic carbocycles. The molecule has 1 unspecified atom stereocenters. The van der Waals surface area contributed by atoms with E-state index in [0.29, 0.717) is 5.56 Å². The third-order valence-electron chi connectivity index (χ3n) is 2.86. The third-order valence-corrected chi connectivity index (χ3v) is 2.86. The molecule has 0 radical (unpaired) electrons. The van der Waals surface area contributed by atoms with Gasteiger partial charge in [-0.25, -0.2) is 0 Å². The van der Waals surface area contributed by atoms with Crippen molar-refractivity contribution in [1.82, 2.24) is 0 Å². The van der Waals surface area contributed by atoms with Crippen LogP contribution in [0.25, 0.3) is 6.08 Å². The molecular weight excluding hydrogens is 236 g/mol. The molecule has 2 rings (SSSR count). The molecule has 1 atom stereocenters. The summed E-state index contributed by atoms with van der Waals surface area (Å²) in [6.07, 6.45) is 1.59. The van der Waals surface area contributed by atoms with Gasteiger partial charge >= 0.3 is 0 Å². The van der Waals surface area contributed by atoms with Gasteiger partial charge in [-0.2, -0.15) is 5.26 Å². The molecular formula is C16H14N2O. The van der Waals surface area contributed by atoms with E-state index in [1.807, 2.05) is 42.5 Å². The average molecular weight is 250 g/mol. The molecule has 2 aromatic rings. The van der Waals surface area contributed by atoms with Crippen LogP contribution < -0.4 is 5.73 Å². The summed E-state index contributed by atoms with van der Waals surface area (Å²) in [5, 5.41) is 19.6. The lowest BCUT2D eigenvalue weighted by molar-refractivity contribution is 0.0897. The normalized spacial score (nSPS) is 14.5. The first-order valence-corrected chi connectivity index (χ1v) is 5.88. The summed E-state index contributed by atoms with van der Waals surface area (Å²) in [7, 11) is 0. The van der Waals surface area contributed by atoms with Crippen molar-refractivity contribution in [3.05, 3.63) is 77.4 Å². The second-order valence-corrected chi connectivity index (χ2v) is 4.21. The van der Waals surface area contributed by atoms with Crippen LogP contribution in [0.1, 0.15) is 11.1 Å². The van der Waals surface area contributed by atoms with Crippen molar-refractivity contribution in [2.75, 3.05) is 0 Å². The predicted molar refractivity (Wildman–Crippen MR) is 74.6 cm³/mol. The van der Waals surface area contributed by atoms with Crippen LogP contribution in [-0.4, -0.2) is 5.11 Å². The van der Waals surface area contributed by atoms with E-state index in [1.54, 1.807) is 30.3 Å². The molecule has 3 nitrogen and oxygen atoms in total. The minimum Gasteiger partial charge on any atom is -0.367 e. The molecule has 3 heteroatoms. The van der Waals surface area contributed by atoms with Crippen LogP contribution in [0.4, 0.5) is 0 Å². The Morgan fingerprint density at radius 2 is 1.58 bits per heavy atom. The Kier molecular flexibility index (Phi) is 3.76. The zero-order valence-electron chi connectivity index (χ0n) is 10.3. The van der Waals surface area contributed by atoms with E-state index >= 15 is 0 Å². The summed E-state index contributed by atoms with van der Waals surface area (Å²) in [6, 6.07) is 20.0. The van der Waals surface area contributed by atoms with Crippen LogP contribution in [0.2, 0.25) is 0 Å². The number of aliphatic hydroxyl groups is 1. The molecule has 19 heavy (non-hydrogen) atoms. The predicted octanol–water partition coefficient (Wildman–Crippen LogP) is 2.40. The van der Waals surface area contributed by atoms with Gasteiger partial charge in [-0.3, -0.25) is 5.73 Å². The summed E-state index contributed by atoms with van der Waals surface area (Å²) < 4.78 is 0. The quantitative estimate of drug-likeness (QED) is 0.649. The van der Waals surface area contributed by atoms with E-state index in [0.717, 1.165) is 5.56 Å². The number of nitrogens with zero attached hydrogens (tertiary/aromatic N) is 1. The molecule has 0 heterocycles. The van der Waals surface area contributed by atoms with Crippen molar-refractivity contribution in [2.24, 2.45) is 5.73 Å². The minimum atomic E-state index is -1.79. The Labute approximate surface area is 112 Å². The fourth-order valence-corrected chi connectivity index (χ4v) is 1.79. The Hall–Kier alpha value is -2.41. The van der Waals surface area contributed by atoms with Crippen molar-refractivity contribution in [1.29, 1.82) is 5.26 Å². The number of hydrogen-bond donors (Lipinski definition) is 2. The topological polar surface area (TPSA) is 70.0 Å². The van der Waals surface area contributed by atoms with Gasteiger partial charge in [-0.1, -0.05) is 60.7 Å². The van der Waals surface area contributed by atoms with Crippen molar-refractivity contribution in [2.45, 2.75) is 5.72 Å². The maximum Gasteiger partial charge on any atom is 0.176 e. The van der Waals surface area contributed by atoms with Gasteiger partial charge in [0.15, 0.2) is 5.72 Å². The Morgan fingerprint density at radius 1 is 1.05 bits per heavy atom. The van der Waals surface area contributed by atoms with Crippen LogP contribution >= 0.6 is 0 Å². The van der Waals surface area contributed by atoms with E-state index in [9.17, 15) is 10.4 Å². The van der Waals surface area contributed by atoms with E-state index in [1.165, 1.54) is 0 Å². The Bertz CT molecular complexity index is 610. The van der Waals surface area contributed by atoms with Gasteiger partial charge in [0, 0.05) is 5.56 Å². The molecule has 0 aliphatic carbocycles. The molecule has 0 aliphatic rings. The van der Waals surface area contributed by atoms with Crippen molar-refractivity contribution in [3.8, 4) is 6.07 Å². The maximum absolute atomic E-state index is 10.4. The first-order chi connectivity index (χ1) is 9.14. The lowest BCUT2D eigenvalue weighted by atomic mass is 9.94. The van der Waals surface area contributed by atoms with E-state index in [2.05, 4.69) is 0 Å². The third kappa shape index (κ3) is 2.89. The molecule has 0 aliphatic heterocycles. The van der Waals surface area contributed by atoms with Crippen LogP contribution in [0, 0.1) is 11.3 Å². The second kappa shape index (κ2) is 5.49. The lowest BCUT2D eigenvalue weighted by Crippen LogP contribution is -2.38. The number of nitriles is 1. The van der Waals surface area contributed by atoms with Gasteiger partial charge in [-0.15, -0.1) is 0 Å². The maximum atomic E-state index is 10.4. The number of benzene rings is 2. The number of nitrogens with two attached hydrogens (primary N) is 1. The van der Waals surface area contributed by atoms with Gasteiger partial charge in [0.25, 0.3) is 0 Å². The smallest absolute Gasteiger partial charge is 0.176 e. The van der Waals surface area contributed by atoms with Crippen LogP contribution in [0.15, 0.2) is 66.2 Å². The first kappa shape index (κ1) is 13.0. The molecule has 3 N–H and O–H groups in total. The van der Waals surface area contributed by atoms with Crippen LogP contribution in [-0.2, 0) is 5.72 Å². The summed E-state index contributed by atoms with van der Waals surface area (Å²) >= 11 is 0. The summed E-state index contributed by atoms with van der Waals surface area (Å²) in [5.41, 5.74) is 5.52. The highest BCUT2D eigenvalue weighted by Crippen LogP contribution is 2.25. The molecule has 0 aromatic heterocycles. The van der Waals surface area contributed by atoms with Gasteiger partial charge in [-0.05, 0) is 11.6 Å². The summed E-state index contributed by atoms with van der Waals surface area (Å²) in [5.74, 6) is 0. The monoisotopic (exact) mass is 250 g/mol. The zero-order chi connectivity index (χ0) is 13.7. The highest BCUT2D eigenvalue weighted by Gasteiger charge is 2.28. The van der Waals surface area contributed by atoms with E-state index in [4.69, 9.17) is 5.73 Å². The van der Waals surface area contributed by atoms with E-state index in [-0.39, 0.29) is 5.57 Å². The van der Waals surface area contributed by atoms with E-state index < -0.39 is 5.72 Å². The highest BCUT2D eigenvalue weighted by atomic mass is 16.3. The highest BCUT2D eigenvalue weighted by molar-refractivity contribution is 5.60. The van der Waals surface area contributed by atoms with Gasteiger partial charge in [0.1, 0.15) is 0 Å². The van der Waals surface area contributed by atoms with Gasteiger partial charge < -0.3 is 5.11 Å². The minimum absolute atomic E-state index is 0.102. The van der Waals surface area contributed by atoms with Gasteiger partial charge in [0.05, 0.1) is 11.6 Å². The zero-order valence-corrected chi connectivity index (χ0v) is 10.3. The SMILES string of the molecule is N#CC(=Cc1ccccc1)C(N)(O)c1ccccc1. The van der Waals surface area contributed by atoms with Crippen molar-refractivity contribution < 1.29 is 5.11 Å². The molecule has 0 amide bonds. The molecule has 0 spiro atoms. The fraction of sp³-hybridized carbons (Fsp3) is 0.0625. The average Bonchev–Trinajstić information content (AvgIpc) is 2.46. The van der Waals surface area contributed by atoms with Gasteiger partial charge in [0.2, 0.25) is 0 Å². The number of rotatable bonds is 3. The molecule has 0 saturated heterocycles. The Morgan fingerprint density at radius 3 is 2.11 bits per heavy atom. The second-order valence-electron chi connectivity index (χ2n) is 4.21. The molecule has 0 bridgehead atoms. The lowest BCUT2D eigenvalue weighted by Gasteiger charge is -2.22. The summed E-state index contributed by atoms with van der Waals surface area (Å²) in [6.45, 7) is 0. The van der Waals surface area contributed by atoms with Crippen molar-refractivity contribution >= 4 is 6.08 Å². The molecule has 94 valence electrons. The Balaban J connectivity index is 2.43. The van der Waals surface area contributed by atoms with Crippen LogP contribution in [0.3, 0.4) is 0 Å². The molecule has 0 saturated carbocycles. The standard InChI is InChI=1S/C16H14N2O/c17-12-15(11-13-7-3-1-4-8-13)16(18,19)14-9-5-2-6-10-14/h1-11,19H,18H2. The molecule has 0 fully saturated rings. The summed E-state index contributed by atoms with van der Waals surface area (Å²) in [4.78, 5) is 0. The first-order valence-electron chi connectivity index (χ1n) is 5.88.